The van der Waals surface area contributed by atoms with Gasteiger partial charge in [0.15, 0.2) is 11.0 Å². The number of hydrogen-bond acceptors (Lipinski definition) is 22. The van der Waals surface area contributed by atoms with Crippen LogP contribution in [0.5, 0.6) is 23.0 Å². The molecule has 0 unspecified atom stereocenters. The van der Waals surface area contributed by atoms with Crippen LogP contribution in [0, 0.1) is 17.0 Å². The molecule has 94 heavy (non-hydrogen) atoms. The van der Waals surface area contributed by atoms with Crippen molar-refractivity contribution in [3.05, 3.63) is 133 Å². The molecule has 2 aliphatic rings. The highest BCUT2D eigenvalue weighted by Gasteiger charge is 2.32. The Morgan fingerprint density at radius 2 is 1.04 bits per heavy atom. The van der Waals surface area contributed by atoms with Crippen molar-refractivity contribution in [2.24, 2.45) is 7.05 Å². The molecular weight excluding hydrogens is 1260 g/mol. The molecule has 0 bridgehead atoms. The molecule has 2 aliphatic heterocycles. The molecule has 2 saturated heterocycles. The van der Waals surface area contributed by atoms with Gasteiger partial charge in [0.1, 0.15) is 58.9 Å². The molecule has 2 N–H and O–H groups in total. The number of aromatic amines is 2. The second kappa shape index (κ2) is 31.2. The summed E-state index contributed by atoms with van der Waals surface area (Å²) in [5, 5.41) is 19.8. The highest BCUT2D eigenvalue weighted by Crippen LogP contribution is 2.35. The summed E-state index contributed by atoms with van der Waals surface area (Å²) < 4.78 is 93.4. The first-order valence-electron chi connectivity index (χ1n) is 31.1. The van der Waals surface area contributed by atoms with E-state index in [0.29, 0.717) is 134 Å². The molecule has 8 aromatic rings. The lowest BCUT2D eigenvalue weighted by Gasteiger charge is -2.33. The van der Waals surface area contributed by atoms with Crippen molar-refractivity contribution in [2.45, 2.75) is 90.0 Å². The third-order valence-corrected chi connectivity index (χ3v) is 19.3. The van der Waals surface area contributed by atoms with Crippen LogP contribution < -0.4 is 30.1 Å². The number of aromatic nitrogens is 8. The SMILES string of the molecule is CCCOc1ccc(S(=O)(=O)N2CCN(CCOC(=O)Oc3ccc([N+](=O)[O-])cc3)CC2)cc1-c1nc2c(CCC)nn(CC)c2c(=O)[nH]1.CCCc1nn(C)c2c(=O)[nH]c(-c3cc(S(=O)(=O)N4CCN(CCOC(=O)Oc5ccc(C)cc5)CC4)ccc3OCC)nc12. The van der Waals surface area contributed by atoms with Crippen LogP contribution in [-0.4, -0.2) is 184 Å². The first-order valence-corrected chi connectivity index (χ1v) is 34.0. The third kappa shape index (κ3) is 16.4. The summed E-state index contributed by atoms with van der Waals surface area (Å²) in [6.45, 7) is 16.5. The Balaban J connectivity index is 0.000000222. The van der Waals surface area contributed by atoms with Gasteiger partial charge in [-0.15, -0.1) is 0 Å². The third-order valence-electron chi connectivity index (χ3n) is 15.5. The summed E-state index contributed by atoms with van der Waals surface area (Å²) in [5.74, 6) is 1.74. The number of fused-ring (bicyclic) bond motifs is 2. The van der Waals surface area contributed by atoms with Crippen molar-refractivity contribution < 1.29 is 59.8 Å². The number of hydrogen-bond donors (Lipinski definition) is 2. The van der Waals surface area contributed by atoms with Crippen LogP contribution in [0.3, 0.4) is 0 Å². The molecule has 0 radical (unpaired) electrons. The second-order valence-corrected chi connectivity index (χ2v) is 26.0. The number of nitrogens with zero attached hydrogens (tertiary/aromatic N) is 11. The minimum atomic E-state index is -3.93. The van der Waals surface area contributed by atoms with Crippen molar-refractivity contribution in [1.29, 1.82) is 0 Å². The average Bonchev–Trinajstić information content (AvgIpc) is 1.42. The van der Waals surface area contributed by atoms with Crippen molar-refractivity contribution in [3.8, 4) is 45.8 Å². The lowest BCUT2D eigenvalue weighted by atomic mass is 10.1. The molecule has 0 amide bonds. The zero-order chi connectivity index (χ0) is 67.3. The average molecular weight is 1340 g/mol. The minimum absolute atomic E-state index is 0.00776. The Labute approximate surface area is 542 Å². The van der Waals surface area contributed by atoms with E-state index in [9.17, 15) is 46.1 Å². The molecule has 6 heterocycles. The number of sulfonamides is 2. The number of non-ortho nitro benzene ring substituents is 1. The van der Waals surface area contributed by atoms with E-state index in [1.165, 1.54) is 61.8 Å². The number of piperazine rings is 2. The largest absolute Gasteiger partial charge is 0.513 e. The van der Waals surface area contributed by atoms with Gasteiger partial charge in [-0.3, -0.25) is 38.9 Å². The Hall–Kier alpha value is -9.14. The molecule has 0 atom stereocenters. The van der Waals surface area contributed by atoms with Gasteiger partial charge in [0, 0.05) is 91.2 Å². The first kappa shape index (κ1) is 69.2. The van der Waals surface area contributed by atoms with Crippen molar-refractivity contribution in [1.82, 2.24) is 57.9 Å². The fourth-order valence-electron chi connectivity index (χ4n) is 10.7. The molecule has 29 nitrogen and oxygen atoms in total. The van der Waals surface area contributed by atoms with Gasteiger partial charge in [-0.2, -0.15) is 18.8 Å². The lowest BCUT2D eigenvalue weighted by molar-refractivity contribution is -0.384. The molecule has 31 heteroatoms. The van der Waals surface area contributed by atoms with Crippen LogP contribution >= 0.6 is 0 Å². The molecule has 2 fully saturated rings. The van der Waals surface area contributed by atoms with E-state index in [0.717, 1.165) is 24.8 Å². The summed E-state index contributed by atoms with van der Waals surface area (Å²) in [6, 6.07) is 21.3. The number of nitro benzene ring substituents is 1. The summed E-state index contributed by atoms with van der Waals surface area (Å²) in [6.07, 6.45) is 1.92. The topological polar surface area (TPSA) is 341 Å². The van der Waals surface area contributed by atoms with Gasteiger partial charge in [0.05, 0.1) is 50.4 Å². The summed E-state index contributed by atoms with van der Waals surface area (Å²) in [5.41, 5.74) is 4.02. The quantitative estimate of drug-likeness (QED) is 0.0242. The van der Waals surface area contributed by atoms with Gasteiger partial charge in [-0.05, 0) is 101 Å². The predicted octanol–water partition coefficient (Wildman–Crippen LogP) is 7.48. The van der Waals surface area contributed by atoms with E-state index >= 15 is 0 Å². The van der Waals surface area contributed by atoms with Gasteiger partial charge in [-0.25, -0.2) is 36.4 Å². The zero-order valence-corrected chi connectivity index (χ0v) is 55.1. The van der Waals surface area contributed by atoms with Gasteiger partial charge in [0.25, 0.3) is 16.8 Å². The smallest absolute Gasteiger partial charge is 0.493 e. The Bertz CT molecular complexity index is 4350. The molecule has 0 saturated carbocycles. The number of H-pyrrole nitrogens is 2. The van der Waals surface area contributed by atoms with Crippen LogP contribution in [0.2, 0.25) is 0 Å². The van der Waals surface area contributed by atoms with Gasteiger partial charge in [-0.1, -0.05) is 51.3 Å². The molecule has 502 valence electrons. The molecular formula is C63H77N13O16S2. The molecule has 4 aromatic heterocycles. The fraction of sp³-hybridized carbons (Fsp3) is 0.429. The lowest BCUT2D eigenvalue weighted by Crippen LogP contribution is -2.49. The van der Waals surface area contributed by atoms with E-state index in [4.69, 9.17) is 38.4 Å². The predicted molar refractivity (Wildman–Crippen MR) is 347 cm³/mol. The Morgan fingerprint density at radius 3 is 1.50 bits per heavy atom. The number of benzene rings is 4. The van der Waals surface area contributed by atoms with Crippen LogP contribution in [0.4, 0.5) is 15.3 Å². The molecule has 10 rings (SSSR count). The van der Waals surface area contributed by atoms with Crippen LogP contribution in [0.25, 0.3) is 44.8 Å². The normalized spacial score (nSPS) is 14.3. The fourth-order valence-corrected chi connectivity index (χ4v) is 13.6. The molecule has 0 aliphatic carbocycles. The Morgan fingerprint density at radius 1 is 0.585 bits per heavy atom. The monoisotopic (exact) mass is 1340 g/mol. The summed E-state index contributed by atoms with van der Waals surface area (Å²) in [4.78, 5) is 79.9. The number of carbonyl (C=O) groups is 2. The highest BCUT2D eigenvalue weighted by atomic mass is 32.2. The number of carbonyl (C=O) groups excluding carboxylic acids is 2. The van der Waals surface area contributed by atoms with E-state index in [1.807, 2.05) is 63.5 Å². The number of aryl methyl sites for hydroxylation is 5. The number of ether oxygens (including phenoxy) is 6. The second-order valence-electron chi connectivity index (χ2n) is 22.1. The van der Waals surface area contributed by atoms with Gasteiger partial charge in [0.2, 0.25) is 20.0 Å². The maximum Gasteiger partial charge on any atom is 0.513 e. The van der Waals surface area contributed by atoms with E-state index in [-0.39, 0.29) is 83.4 Å². The molecule has 4 aromatic carbocycles. The standard InChI is InChI=1S/C32H39N7O9S.C31H38N6O7S/c1-4-7-26-28-29(38(6-3)35-26)31(40)34-30(33-28)25-21-24(12-13-27(25)46-19-5-2)49(44,45)37-16-14-36(15-17-37)18-20-47-32(41)48-23-10-8-22(9-11-23)39(42)43;1-5-7-25-27-28(35(4)34-25)30(38)33-29(32-27)24-20-23(12-13-26(24)42-6-2)45(40,41)37-16-14-36(15-17-37)18-19-43-31(39)44-22-10-8-21(3)9-11-22/h8-13,21H,4-7,14-20H2,1-3H3,(H,33,34,40);8-13,20H,5-7,14-19H2,1-4H3,(H,32,33,38). The first-order chi connectivity index (χ1) is 45.1. The minimum Gasteiger partial charge on any atom is -0.493 e. The number of nitrogens with one attached hydrogen (secondary N) is 2. The summed E-state index contributed by atoms with van der Waals surface area (Å²) in [7, 11) is -6.11. The zero-order valence-electron chi connectivity index (χ0n) is 53.5. The van der Waals surface area contributed by atoms with Gasteiger partial charge >= 0.3 is 12.3 Å². The van der Waals surface area contributed by atoms with Crippen molar-refractivity contribution in [3.63, 3.8) is 0 Å². The van der Waals surface area contributed by atoms with E-state index < -0.39 is 37.3 Å². The van der Waals surface area contributed by atoms with Crippen molar-refractivity contribution in [2.75, 3.05) is 91.9 Å². The Kier molecular flexibility index (Phi) is 23.0. The maximum absolute atomic E-state index is 13.8. The number of rotatable bonds is 25. The van der Waals surface area contributed by atoms with Gasteiger partial charge < -0.3 is 38.4 Å². The van der Waals surface area contributed by atoms with Crippen molar-refractivity contribution >= 4 is 60.1 Å². The van der Waals surface area contributed by atoms with E-state index in [2.05, 4.69) is 20.2 Å². The maximum atomic E-state index is 13.8. The summed E-state index contributed by atoms with van der Waals surface area (Å²) >= 11 is 0. The van der Waals surface area contributed by atoms with Crippen LogP contribution in [-0.2, 0) is 56.0 Å². The van der Waals surface area contributed by atoms with Crippen LogP contribution in [0.1, 0.15) is 70.8 Å². The molecule has 0 spiro atoms. The highest BCUT2D eigenvalue weighted by molar-refractivity contribution is 7.89. The van der Waals surface area contributed by atoms with Crippen LogP contribution in [0.15, 0.2) is 104 Å². The number of nitro groups is 1. The van der Waals surface area contributed by atoms with E-state index in [1.54, 1.807) is 36.0 Å².